The lowest BCUT2D eigenvalue weighted by molar-refractivity contribution is 0.184. The van der Waals surface area contributed by atoms with Gasteiger partial charge in [-0.1, -0.05) is 45.2 Å². The summed E-state index contributed by atoms with van der Waals surface area (Å²) in [5.74, 6) is 0.826. The molecule has 1 saturated carbocycles. The van der Waals surface area contributed by atoms with Gasteiger partial charge >= 0.3 is 6.16 Å². The van der Waals surface area contributed by atoms with E-state index in [1.54, 1.807) is 0 Å². The van der Waals surface area contributed by atoms with Crippen molar-refractivity contribution >= 4 is 14.2 Å². The van der Waals surface area contributed by atoms with Crippen LogP contribution in [0.1, 0.15) is 44.9 Å². The molecule has 1 fully saturated rings. The zero-order valence-corrected chi connectivity index (χ0v) is 14.3. The van der Waals surface area contributed by atoms with Crippen LogP contribution in [-0.4, -0.2) is 32.7 Å². The average molecular weight is 300 g/mol. The highest BCUT2D eigenvalue weighted by molar-refractivity contribution is 6.83. The van der Waals surface area contributed by atoms with Gasteiger partial charge in [0.05, 0.1) is 8.07 Å². The monoisotopic (exact) mass is 299 g/mol. The molecule has 0 aromatic carbocycles. The van der Waals surface area contributed by atoms with Crippen molar-refractivity contribution in [2.45, 2.75) is 63.6 Å². The fourth-order valence-corrected chi connectivity index (χ4v) is 5.49. The largest absolute Gasteiger partial charge is 0.399 e. The summed E-state index contributed by atoms with van der Waals surface area (Å²) in [5, 5.41) is 0. The van der Waals surface area contributed by atoms with E-state index in [4.69, 9.17) is 0 Å². The molecule has 0 saturated heterocycles. The number of amides is 1. The third kappa shape index (κ3) is 5.39. The topological polar surface area (TPSA) is 20.3 Å². The number of carbonyl (C=O) groups excluding carboxylic acids is 1. The number of nitrogens with zero attached hydrogens (tertiary/aromatic N) is 1. The molecule has 1 rings (SSSR count). The van der Waals surface area contributed by atoms with Crippen LogP contribution in [0.3, 0.4) is 0 Å². The summed E-state index contributed by atoms with van der Waals surface area (Å²) in [4.78, 5) is 11.6. The number of carbonyl (C=O) groups is 1. The second kappa shape index (κ2) is 7.96. The molecule has 0 heterocycles. The molecule has 116 valence electrons. The maximum absolute atomic E-state index is 12.4. The Morgan fingerprint density at radius 1 is 1.40 bits per heavy atom. The van der Waals surface area contributed by atoms with E-state index in [9.17, 15) is 9.18 Å². The molecule has 2 nitrogen and oxygen atoms in total. The molecule has 1 aliphatic carbocycles. The van der Waals surface area contributed by atoms with Crippen LogP contribution >= 0.6 is 0 Å². The Morgan fingerprint density at radius 3 is 2.70 bits per heavy atom. The van der Waals surface area contributed by atoms with Crippen molar-refractivity contribution in [2.75, 3.05) is 13.6 Å². The minimum Gasteiger partial charge on any atom is -0.318 e. The average Bonchev–Trinajstić information content (AvgIpc) is 2.43. The van der Waals surface area contributed by atoms with Crippen LogP contribution in [0.25, 0.3) is 0 Å². The molecule has 0 bridgehead atoms. The van der Waals surface area contributed by atoms with E-state index in [1.165, 1.54) is 39.2 Å². The molecule has 0 aromatic rings. The summed E-state index contributed by atoms with van der Waals surface area (Å²) in [6, 6.07) is 0. The molecule has 0 aromatic heterocycles. The van der Waals surface area contributed by atoms with Gasteiger partial charge in [0.15, 0.2) is 0 Å². The molecule has 20 heavy (non-hydrogen) atoms. The third-order valence-corrected chi connectivity index (χ3v) is 8.70. The zero-order chi connectivity index (χ0) is 15.2. The van der Waals surface area contributed by atoms with Crippen LogP contribution in [0.4, 0.5) is 9.18 Å². The second-order valence-electron chi connectivity index (χ2n) is 6.93. The standard InChI is InChI=1S/C16H30FNOSi/c1-5-20(3,4)15-11-8-10-14(13-15)9-6-7-12-18(2)16(17)19/h5,14-15H,1,6-13H2,2-4H3. The first kappa shape index (κ1) is 17.4. The Labute approximate surface area is 124 Å². The summed E-state index contributed by atoms with van der Waals surface area (Å²) in [7, 11) is 0.288. The van der Waals surface area contributed by atoms with Crippen molar-refractivity contribution in [1.29, 1.82) is 0 Å². The van der Waals surface area contributed by atoms with Crippen LogP contribution in [0.5, 0.6) is 0 Å². The molecule has 2 atom stereocenters. The molecule has 0 spiro atoms. The van der Waals surface area contributed by atoms with E-state index in [1.807, 2.05) is 0 Å². The predicted octanol–water partition coefficient (Wildman–Crippen LogP) is 5.17. The second-order valence-corrected chi connectivity index (χ2v) is 11.8. The number of unbranched alkanes of at least 4 members (excludes halogenated alkanes) is 1. The van der Waals surface area contributed by atoms with E-state index in [2.05, 4.69) is 25.4 Å². The van der Waals surface area contributed by atoms with Gasteiger partial charge < -0.3 is 4.90 Å². The quantitative estimate of drug-likeness (QED) is 0.275. The van der Waals surface area contributed by atoms with Crippen molar-refractivity contribution < 1.29 is 9.18 Å². The normalized spacial score (nSPS) is 23.4. The van der Waals surface area contributed by atoms with Gasteiger partial charge in [-0.25, -0.2) is 4.79 Å². The molecule has 1 aliphatic rings. The smallest absolute Gasteiger partial charge is 0.318 e. The summed E-state index contributed by atoms with van der Waals surface area (Å²) in [6.45, 7) is 9.42. The van der Waals surface area contributed by atoms with Gasteiger partial charge in [-0.15, -0.1) is 16.7 Å². The molecule has 4 heteroatoms. The minimum atomic E-state index is -1.32. The van der Waals surface area contributed by atoms with Gasteiger partial charge in [-0.3, -0.25) is 0 Å². The molecule has 0 aliphatic heterocycles. The van der Waals surface area contributed by atoms with Crippen molar-refractivity contribution in [1.82, 2.24) is 4.90 Å². The van der Waals surface area contributed by atoms with Crippen LogP contribution in [0, 0.1) is 5.92 Å². The van der Waals surface area contributed by atoms with Crippen molar-refractivity contribution in [3.05, 3.63) is 12.3 Å². The number of hydrogen-bond acceptors (Lipinski definition) is 1. The SMILES string of the molecule is C=C[Si](C)(C)C1CCCC(CCCCN(C)C(=O)F)C1. The lowest BCUT2D eigenvalue weighted by Gasteiger charge is -2.37. The summed E-state index contributed by atoms with van der Waals surface area (Å²) in [6.07, 6.45) is 7.34. The van der Waals surface area contributed by atoms with Gasteiger partial charge in [0.25, 0.3) is 0 Å². The molecule has 1 amide bonds. The molecule has 0 N–H and O–H groups in total. The Balaban J connectivity index is 2.27. The fourth-order valence-electron chi connectivity index (χ4n) is 3.27. The first-order chi connectivity index (χ1) is 9.36. The van der Waals surface area contributed by atoms with Crippen molar-refractivity contribution in [3.63, 3.8) is 0 Å². The first-order valence-electron chi connectivity index (χ1n) is 7.91. The maximum atomic E-state index is 12.4. The predicted molar refractivity (Wildman–Crippen MR) is 86.4 cm³/mol. The van der Waals surface area contributed by atoms with Crippen molar-refractivity contribution in [2.24, 2.45) is 5.92 Å². The van der Waals surface area contributed by atoms with Crippen molar-refractivity contribution in [3.8, 4) is 0 Å². The number of halogens is 1. The van der Waals surface area contributed by atoms with Crippen LogP contribution in [-0.2, 0) is 0 Å². The lowest BCUT2D eigenvalue weighted by Crippen LogP contribution is -2.33. The van der Waals surface area contributed by atoms with E-state index in [0.717, 1.165) is 29.2 Å². The van der Waals surface area contributed by atoms with Crippen LogP contribution < -0.4 is 0 Å². The highest BCUT2D eigenvalue weighted by Crippen LogP contribution is 2.41. The first-order valence-corrected chi connectivity index (χ1v) is 11.1. The molecular weight excluding hydrogens is 269 g/mol. The summed E-state index contributed by atoms with van der Waals surface area (Å²) >= 11 is 0. The Kier molecular flexibility index (Phi) is 6.93. The van der Waals surface area contributed by atoms with E-state index >= 15 is 0 Å². The lowest BCUT2D eigenvalue weighted by atomic mass is 9.85. The summed E-state index contributed by atoms with van der Waals surface area (Å²) < 4.78 is 12.4. The highest BCUT2D eigenvalue weighted by Gasteiger charge is 2.32. The van der Waals surface area contributed by atoms with Crippen LogP contribution in [0.15, 0.2) is 12.3 Å². The number of hydrogen-bond donors (Lipinski definition) is 0. The number of rotatable bonds is 7. The zero-order valence-electron chi connectivity index (χ0n) is 13.3. The Hall–Kier alpha value is -0.643. The van der Waals surface area contributed by atoms with Gasteiger partial charge in [-0.05, 0) is 24.3 Å². The Morgan fingerprint density at radius 2 is 2.10 bits per heavy atom. The highest BCUT2D eigenvalue weighted by atomic mass is 28.3. The van der Waals surface area contributed by atoms with E-state index in [0.29, 0.717) is 6.54 Å². The van der Waals surface area contributed by atoms with Gasteiger partial charge in [-0.2, -0.15) is 0 Å². The van der Waals surface area contributed by atoms with E-state index < -0.39 is 14.2 Å². The van der Waals surface area contributed by atoms with E-state index in [-0.39, 0.29) is 0 Å². The minimum absolute atomic E-state index is 0.540. The fraction of sp³-hybridized carbons (Fsp3) is 0.812. The summed E-state index contributed by atoms with van der Waals surface area (Å²) in [5.41, 5.74) is 3.12. The van der Waals surface area contributed by atoms with Gasteiger partial charge in [0.2, 0.25) is 0 Å². The Bertz CT molecular complexity index is 332. The van der Waals surface area contributed by atoms with Crippen LogP contribution in [0.2, 0.25) is 18.6 Å². The maximum Gasteiger partial charge on any atom is 0.399 e. The third-order valence-electron chi connectivity index (χ3n) is 5.02. The van der Waals surface area contributed by atoms with Gasteiger partial charge in [0, 0.05) is 13.6 Å². The van der Waals surface area contributed by atoms with Gasteiger partial charge in [0.1, 0.15) is 0 Å². The molecule has 2 unspecified atom stereocenters. The molecule has 0 radical (unpaired) electrons. The molecular formula is C16H30FNOSi.